The lowest BCUT2D eigenvalue weighted by atomic mass is 9.89. The van der Waals surface area contributed by atoms with E-state index in [0.29, 0.717) is 52.2 Å². The van der Waals surface area contributed by atoms with Gasteiger partial charge in [-0.15, -0.1) is 0 Å². The Bertz CT molecular complexity index is 836. The Morgan fingerprint density at radius 1 is 1.26 bits per heavy atom. The predicted molar refractivity (Wildman–Crippen MR) is 113 cm³/mol. The molecule has 0 bridgehead atoms. The number of likely N-dealkylation sites (tertiary alicyclic amines) is 2. The van der Waals surface area contributed by atoms with E-state index in [4.69, 9.17) is 9.47 Å². The van der Waals surface area contributed by atoms with E-state index in [1.165, 1.54) is 5.56 Å². The van der Waals surface area contributed by atoms with Crippen LogP contribution in [-0.4, -0.2) is 84.3 Å². The molecule has 8 heteroatoms. The fourth-order valence-corrected chi connectivity index (χ4v) is 4.76. The zero-order valence-electron chi connectivity index (χ0n) is 18.0. The van der Waals surface area contributed by atoms with Gasteiger partial charge < -0.3 is 19.3 Å². The molecule has 1 aromatic carbocycles. The van der Waals surface area contributed by atoms with Crippen LogP contribution in [0.3, 0.4) is 0 Å². The highest BCUT2D eigenvalue weighted by atomic mass is 16.6. The van der Waals surface area contributed by atoms with E-state index in [-0.39, 0.29) is 11.8 Å². The van der Waals surface area contributed by atoms with Crippen LogP contribution < -0.4 is 0 Å². The molecular formula is C23H30N4O4. The second kappa shape index (κ2) is 9.25. The number of rotatable bonds is 4. The van der Waals surface area contributed by atoms with Crippen molar-refractivity contribution in [2.45, 2.75) is 38.0 Å². The number of piperidine rings is 1. The minimum absolute atomic E-state index is 0.147. The molecule has 0 aliphatic carbocycles. The zero-order valence-corrected chi connectivity index (χ0v) is 18.0. The van der Waals surface area contributed by atoms with Gasteiger partial charge in [0.15, 0.2) is 6.10 Å². The number of nitrogens with zero attached hydrogens (tertiary/aromatic N) is 4. The maximum Gasteiger partial charge on any atom is 0.410 e. The summed E-state index contributed by atoms with van der Waals surface area (Å²) >= 11 is 0. The first-order chi connectivity index (χ1) is 15.0. The Hall–Kier alpha value is -2.63. The molecule has 31 heavy (non-hydrogen) atoms. The van der Waals surface area contributed by atoms with E-state index < -0.39 is 17.7 Å². The maximum atomic E-state index is 13.3. The monoisotopic (exact) mass is 426 g/mol. The molecule has 3 heterocycles. The number of amides is 2. The van der Waals surface area contributed by atoms with E-state index >= 15 is 0 Å². The van der Waals surface area contributed by atoms with Crippen LogP contribution in [0.4, 0.5) is 4.79 Å². The van der Waals surface area contributed by atoms with E-state index in [9.17, 15) is 14.9 Å². The number of morpholine rings is 1. The van der Waals surface area contributed by atoms with Crippen LogP contribution in [0, 0.1) is 17.2 Å². The van der Waals surface area contributed by atoms with Crippen LogP contribution in [0.5, 0.6) is 0 Å². The Balaban J connectivity index is 1.44. The van der Waals surface area contributed by atoms with Crippen LogP contribution in [0.15, 0.2) is 30.3 Å². The van der Waals surface area contributed by atoms with Crippen molar-refractivity contribution in [3.05, 3.63) is 35.9 Å². The van der Waals surface area contributed by atoms with Gasteiger partial charge in [0.05, 0.1) is 19.3 Å². The first kappa shape index (κ1) is 21.6. The lowest BCUT2D eigenvalue weighted by Gasteiger charge is -2.43. The molecule has 4 rings (SSSR count). The molecule has 166 valence electrons. The summed E-state index contributed by atoms with van der Waals surface area (Å²) in [4.78, 5) is 31.4. The highest BCUT2D eigenvalue weighted by Crippen LogP contribution is 2.34. The summed E-state index contributed by atoms with van der Waals surface area (Å²) in [6.45, 7) is 6.44. The van der Waals surface area contributed by atoms with Gasteiger partial charge in [0.2, 0.25) is 0 Å². The number of benzene rings is 1. The molecule has 0 radical (unpaired) electrons. The number of ether oxygens (including phenoxy) is 2. The molecule has 1 aromatic rings. The van der Waals surface area contributed by atoms with Crippen molar-refractivity contribution in [1.29, 1.82) is 5.26 Å². The highest BCUT2D eigenvalue weighted by molar-refractivity contribution is 5.85. The second-order valence-electron chi connectivity index (χ2n) is 8.85. The van der Waals surface area contributed by atoms with Gasteiger partial charge in [-0.3, -0.25) is 9.69 Å². The molecule has 2 amide bonds. The van der Waals surface area contributed by atoms with Crippen molar-refractivity contribution >= 4 is 12.0 Å². The number of hydrogen-bond acceptors (Lipinski definition) is 6. The lowest BCUT2D eigenvalue weighted by Crippen LogP contribution is -2.60. The van der Waals surface area contributed by atoms with E-state index in [1.807, 2.05) is 25.1 Å². The SMILES string of the molecule is CC1C[C@H](OC(=O)N2CCOCC2)C(=O)N(C2(C#N)CCN(Cc3ccccc3)C2)C1. The molecule has 0 aromatic heterocycles. The second-order valence-corrected chi connectivity index (χ2v) is 8.85. The Morgan fingerprint density at radius 2 is 2.00 bits per heavy atom. The Labute approximate surface area is 183 Å². The van der Waals surface area contributed by atoms with Gasteiger partial charge in [-0.2, -0.15) is 5.26 Å². The van der Waals surface area contributed by atoms with Crippen molar-refractivity contribution < 1.29 is 19.1 Å². The van der Waals surface area contributed by atoms with Crippen molar-refractivity contribution in [3.63, 3.8) is 0 Å². The van der Waals surface area contributed by atoms with E-state index in [0.717, 1.165) is 13.1 Å². The fraction of sp³-hybridized carbons (Fsp3) is 0.609. The third-order valence-electron chi connectivity index (χ3n) is 6.47. The Morgan fingerprint density at radius 3 is 2.71 bits per heavy atom. The van der Waals surface area contributed by atoms with Crippen molar-refractivity contribution in [2.24, 2.45) is 5.92 Å². The van der Waals surface area contributed by atoms with Gasteiger partial charge >= 0.3 is 6.09 Å². The molecule has 3 atom stereocenters. The predicted octanol–water partition coefficient (Wildman–Crippen LogP) is 1.86. The van der Waals surface area contributed by atoms with Crippen LogP contribution in [0.2, 0.25) is 0 Å². The molecule has 0 spiro atoms. The molecule has 3 saturated heterocycles. The quantitative estimate of drug-likeness (QED) is 0.731. The van der Waals surface area contributed by atoms with Gasteiger partial charge in [0, 0.05) is 39.3 Å². The average molecular weight is 427 g/mol. The van der Waals surface area contributed by atoms with Gasteiger partial charge in [-0.05, 0) is 24.3 Å². The number of nitriles is 1. The number of hydrogen-bond donors (Lipinski definition) is 0. The zero-order chi connectivity index (χ0) is 21.8. The molecular weight excluding hydrogens is 396 g/mol. The van der Waals surface area contributed by atoms with Gasteiger partial charge in [-0.25, -0.2) is 4.79 Å². The first-order valence-electron chi connectivity index (χ1n) is 11.0. The average Bonchev–Trinajstić information content (AvgIpc) is 3.21. The van der Waals surface area contributed by atoms with Crippen LogP contribution in [-0.2, 0) is 20.8 Å². The smallest absolute Gasteiger partial charge is 0.410 e. The van der Waals surface area contributed by atoms with Crippen molar-refractivity contribution in [2.75, 3.05) is 45.9 Å². The van der Waals surface area contributed by atoms with Gasteiger partial charge in [-0.1, -0.05) is 37.3 Å². The largest absolute Gasteiger partial charge is 0.436 e. The van der Waals surface area contributed by atoms with Crippen molar-refractivity contribution in [1.82, 2.24) is 14.7 Å². The summed E-state index contributed by atoms with van der Waals surface area (Å²) in [7, 11) is 0. The fourth-order valence-electron chi connectivity index (χ4n) is 4.76. The van der Waals surface area contributed by atoms with Gasteiger partial charge in [0.25, 0.3) is 5.91 Å². The van der Waals surface area contributed by atoms with E-state index in [1.54, 1.807) is 9.80 Å². The minimum Gasteiger partial charge on any atom is -0.436 e. The van der Waals surface area contributed by atoms with Gasteiger partial charge in [0.1, 0.15) is 5.54 Å². The summed E-state index contributed by atoms with van der Waals surface area (Å²) < 4.78 is 10.9. The number of carbonyl (C=O) groups is 2. The van der Waals surface area contributed by atoms with Crippen LogP contribution >= 0.6 is 0 Å². The van der Waals surface area contributed by atoms with Crippen LogP contribution in [0.25, 0.3) is 0 Å². The highest BCUT2D eigenvalue weighted by Gasteiger charge is 2.50. The summed E-state index contributed by atoms with van der Waals surface area (Å²) in [6, 6.07) is 12.6. The molecule has 3 fully saturated rings. The summed E-state index contributed by atoms with van der Waals surface area (Å²) in [6.07, 6.45) is -0.231. The molecule has 0 N–H and O–H groups in total. The van der Waals surface area contributed by atoms with Crippen molar-refractivity contribution in [3.8, 4) is 6.07 Å². The lowest BCUT2D eigenvalue weighted by molar-refractivity contribution is -0.152. The third kappa shape index (κ3) is 4.68. The topological polar surface area (TPSA) is 86.1 Å². The maximum absolute atomic E-state index is 13.3. The number of carbonyl (C=O) groups excluding carboxylic acids is 2. The normalized spacial score (nSPS) is 29.6. The van der Waals surface area contributed by atoms with E-state index in [2.05, 4.69) is 23.1 Å². The molecule has 3 aliphatic rings. The molecule has 2 unspecified atom stereocenters. The summed E-state index contributed by atoms with van der Waals surface area (Å²) in [5.41, 5.74) is 0.302. The first-order valence-corrected chi connectivity index (χ1v) is 11.0. The standard InChI is InChI=1S/C23H30N4O4/c1-18-13-20(31-22(29)26-9-11-30-12-10-26)21(28)27(14-18)23(16-24)7-8-25(17-23)15-19-5-3-2-4-6-19/h2-6,18,20H,7-15,17H2,1H3/t18?,20-,23?/m0/s1. The molecule has 8 nitrogen and oxygen atoms in total. The summed E-state index contributed by atoms with van der Waals surface area (Å²) in [5, 5.41) is 10.1. The molecule has 0 saturated carbocycles. The summed E-state index contributed by atoms with van der Waals surface area (Å²) in [5.74, 6) is -0.101. The third-order valence-corrected chi connectivity index (χ3v) is 6.47. The molecule has 3 aliphatic heterocycles. The Kier molecular flexibility index (Phi) is 6.44. The van der Waals surface area contributed by atoms with Crippen LogP contribution in [0.1, 0.15) is 25.3 Å². The minimum atomic E-state index is -0.885.